The highest BCUT2D eigenvalue weighted by atomic mass is 32.2. The molecule has 16 heavy (non-hydrogen) atoms. The summed E-state index contributed by atoms with van der Waals surface area (Å²) < 4.78 is 28.5. The van der Waals surface area contributed by atoms with Crippen LogP contribution in [0.5, 0.6) is 0 Å². The van der Waals surface area contributed by atoms with Gasteiger partial charge in [0, 0.05) is 11.6 Å². The Morgan fingerprint density at radius 3 is 2.25 bits per heavy atom. The molecule has 3 N–H and O–H groups in total. The molecule has 2 atom stereocenters. The summed E-state index contributed by atoms with van der Waals surface area (Å²) in [5.41, 5.74) is -0.508. The molecule has 1 aliphatic rings. The van der Waals surface area contributed by atoms with Crippen LogP contribution in [0.15, 0.2) is 0 Å². The summed E-state index contributed by atoms with van der Waals surface area (Å²) in [5.74, 6) is 0. The highest BCUT2D eigenvalue weighted by Gasteiger charge is 2.29. The lowest BCUT2D eigenvalue weighted by Crippen LogP contribution is -2.53. The third kappa shape index (κ3) is 4.78. The molecule has 5 nitrogen and oxygen atoms in total. The number of hydrogen-bond donors (Lipinski definition) is 3. The van der Waals surface area contributed by atoms with E-state index in [9.17, 15) is 13.5 Å². The molecule has 1 saturated carbocycles. The Labute approximate surface area is 97.8 Å². The minimum atomic E-state index is -3.53. The Bertz CT molecular complexity index is 321. The third-order valence-corrected chi connectivity index (χ3v) is 3.97. The van der Waals surface area contributed by atoms with Crippen molar-refractivity contribution >= 4 is 10.2 Å². The van der Waals surface area contributed by atoms with Crippen LogP contribution in [0.4, 0.5) is 0 Å². The van der Waals surface area contributed by atoms with E-state index in [0.29, 0.717) is 12.8 Å². The summed E-state index contributed by atoms with van der Waals surface area (Å²) in [7, 11) is -3.53. The maximum Gasteiger partial charge on any atom is 0.277 e. The van der Waals surface area contributed by atoms with Crippen LogP contribution in [0.1, 0.15) is 46.5 Å². The second-order valence-electron chi connectivity index (χ2n) is 5.43. The van der Waals surface area contributed by atoms with Gasteiger partial charge in [-0.3, -0.25) is 0 Å². The maximum absolute atomic E-state index is 11.7. The zero-order valence-corrected chi connectivity index (χ0v) is 11.0. The van der Waals surface area contributed by atoms with Crippen LogP contribution in [0.2, 0.25) is 0 Å². The molecule has 0 aromatic rings. The standard InChI is InChI=1S/C10H22N2O3S/c1-10(2,3)12-16(14,15)11-8-6-4-5-7-9(8)13/h8-9,11-13H,4-7H2,1-3H3/t8-,9-/m1/s1. The molecule has 1 fully saturated rings. The van der Waals surface area contributed by atoms with Crippen molar-refractivity contribution in [1.82, 2.24) is 9.44 Å². The van der Waals surface area contributed by atoms with Crippen LogP contribution in [-0.2, 0) is 10.2 Å². The highest BCUT2D eigenvalue weighted by Crippen LogP contribution is 2.19. The van der Waals surface area contributed by atoms with E-state index in [-0.39, 0.29) is 6.04 Å². The molecule has 0 bridgehead atoms. The summed E-state index contributed by atoms with van der Waals surface area (Å²) in [4.78, 5) is 0. The molecule has 0 heterocycles. The minimum Gasteiger partial charge on any atom is -0.391 e. The SMILES string of the molecule is CC(C)(C)NS(=O)(=O)N[C@@H]1CCCC[C@H]1O. The smallest absolute Gasteiger partial charge is 0.277 e. The minimum absolute atomic E-state index is 0.353. The fourth-order valence-corrected chi connectivity index (χ4v) is 3.42. The van der Waals surface area contributed by atoms with Gasteiger partial charge in [0.1, 0.15) is 0 Å². The molecule has 0 unspecified atom stereocenters. The van der Waals surface area contributed by atoms with Gasteiger partial charge < -0.3 is 5.11 Å². The van der Waals surface area contributed by atoms with E-state index in [1.54, 1.807) is 20.8 Å². The Hall–Kier alpha value is -0.170. The molecule has 1 aliphatic carbocycles. The van der Waals surface area contributed by atoms with Crippen LogP contribution >= 0.6 is 0 Å². The maximum atomic E-state index is 11.7. The molecule has 0 spiro atoms. The molecular weight excluding hydrogens is 228 g/mol. The van der Waals surface area contributed by atoms with Gasteiger partial charge in [-0.25, -0.2) is 0 Å². The van der Waals surface area contributed by atoms with E-state index in [1.807, 2.05) is 0 Å². The van der Waals surface area contributed by atoms with Crippen molar-refractivity contribution in [2.75, 3.05) is 0 Å². The topological polar surface area (TPSA) is 78.4 Å². The van der Waals surface area contributed by atoms with Crippen molar-refractivity contribution in [3.8, 4) is 0 Å². The van der Waals surface area contributed by atoms with Gasteiger partial charge in [0.2, 0.25) is 0 Å². The average Bonchev–Trinajstić information content (AvgIpc) is 2.04. The summed E-state index contributed by atoms with van der Waals surface area (Å²) in [6.07, 6.45) is 2.73. The molecule has 0 aromatic carbocycles. The monoisotopic (exact) mass is 250 g/mol. The largest absolute Gasteiger partial charge is 0.391 e. The van der Waals surface area contributed by atoms with E-state index < -0.39 is 21.9 Å². The average molecular weight is 250 g/mol. The molecule has 96 valence electrons. The van der Waals surface area contributed by atoms with Crippen LogP contribution in [0, 0.1) is 0 Å². The molecule has 6 heteroatoms. The molecule has 0 aliphatic heterocycles. The number of aliphatic hydroxyl groups is 1. The number of hydrogen-bond acceptors (Lipinski definition) is 3. The van der Waals surface area contributed by atoms with Gasteiger partial charge in [-0.15, -0.1) is 0 Å². The summed E-state index contributed by atoms with van der Waals surface area (Å²) >= 11 is 0. The lowest BCUT2D eigenvalue weighted by atomic mass is 9.93. The first-order chi connectivity index (χ1) is 7.20. The fraction of sp³-hybridized carbons (Fsp3) is 1.00. The second-order valence-corrected chi connectivity index (χ2v) is 6.88. The Balaban J connectivity index is 2.58. The van der Waals surface area contributed by atoms with Gasteiger partial charge in [-0.2, -0.15) is 17.9 Å². The van der Waals surface area contributed by atoms with E-state index >= 15 is 0 Å². The first kappa shape index (κ1) is 13.9. The number of rotatable bonds is 3. The molecule has 0 radical (unpaired) electrons. The molecule has 1 rings (SSSR count). The van der Waals surface area contributed by atoms with Crippen molar-refractivity contribution in [1.29, 1.82) is 0 Å². The van der Waals surface area contributed by atoms with Gasteiger partial charge in [0.05, 0.1) is 6.10 Å². The second kappa shape index (κ2) is 5.00. The molecule has 0 saturated heterocycles. The van der Waals surface area contributed by atoms with Crippen LogP contribution in [-0.4, -0.2) is 31.2 Å². The van der Waals surface area contributed by atoms with Crippen LogP contribution in [0.3, 0.4) is 0 Å². The van der Waals surface area contributed by atoms with E-state index in [1.165, 1.54) is 0 Å². The van der Waals surface area contributed by atoms with Gasteiger partial charge in [0.25, 0.3) is 10.2 Å². The Morgan fingerprint density at radius 2 is 1.75 bits per heavy atom. The number of aliphatic hydroxyl groups excluding tert-OH is 1. The van der Waals surface area contributed by atoms with Crippen LogP contribution in [0.25, 0.3) is 0 Å². The molecular formula is C10H22N2O3S. The van der Waals surface area contributed by atoms with E-state index in [4.69, 9.17) is 0 Å². The zero-order chi connectivity index (χ0) is 12.4. The lowest BCUT2D eigenvalue weighted by Gasteiger charge is -2.29. The zero-order valence-electron chi connectivity index (χ0n) is 10.2. The first-order valence-electron chi connectivity index (χ1n) is 5.69. The lowest BCUT2D eigenvalue weighted by molar-refractivity contribution is 0.101. The van der Waals surface area contributed by atoms with E-state index in [2.05, 4.69) is 9.44 Å². The van der Waals surface area contributed by atoms with Crippen LogP contribution < -0.4 is 9.44 Å². The summed E-state index contributed by atoms with van der Waals surface area (Å²) in [5, 5.41) is 9.68. The molecule has 0 aromatic heterocycles. The normalized spacial score (nSPS) is 28.0. The summed E-state index contributed by atoms with van der Waals surface area (Å²) in [6, 6.07) is -0.353. The summed E-state index contributed by atoms with van der Waals surface area (Å²) in [6.45, 7) is 5.34. The Morgan fingerprint density at radius 1 is 1.19 bits per heavy atom. The van der Waals surface area contributed by atoms with Crippen molar-refractivity contribution < 1.29 is 13.5 Å². The van der Waals surface area contributed by atoms with Crippen molar-refractivity contribution in [3.63, 3.8) is 0 Å². The van der Waals surface area contributed by atoms with Gasteiger partial charge >= 0.3 is 0 Å². The van der Waals surface area contributed by atoms with E-state index in [0.717, 1.165) is 12.8 Å². The quantitative estimate of drug-likeness (QED) is 0.683. The highest BCUT2D eigenvalue weighted by molar-refractivity contribution is 7.87. The van der Waals surface area contributed by atoms with Gasteiger partial charge in [0.15, 0.2) is 0 Å². The third-order valence-electron chi connectivity index (χ3n) is 2.48. The van der Waals surface area contributed by atoms with Crippen molar-refractivity contribution in [2.24, 2.45) is 0 Å². The Kier molecular flexibility index (Phi) is 4.34. The first-order valence-corrected chi connectivity index (χ1v) is 7.17. The van der Waals surface area contributed by atoms with Gasteiger partial charge in [-0.1, -0.05) is 12.8 Å². The predicted molar refractivity (Wildman–Crippen MR) is 63.2 cm³/mol. The fourth-order valence-electron chi connectivity index (χ4n) is 1.88. The molecule has 0 amide bonds. The van der Waals surface area contributed by atoms with Crippen molar-refractivity contribution in [3.05, 3.63) is 0 Å². The predicted octanol–water partition coefficient (Wildman–Crippen LogP) is 0.512. The van der Waals surface area contributed by atoms with Crippen molar-refractivity contribution in [2.45, 2.75) is 64.1 Å². The number of nitrogens with one attached hydrogen (secondary N) is 2. The van der Waals surface area contributed by atoms with Gasteiger partial charge in [-0.05, 0) is 33.6 Å².